The summed E-state index contributed by atoms with van der Waals surface area (Å²) < 4.78 is 0. The highest BCUT2D eigenvalue weighted by Crippen LogP contribution is 2.26. The normalized spacial score (nSPS) is 25.6. The number of carbonyl (C=O) groups is 1. The molecule has 104 valence electrons. The fourth-order valence-electron chi connectivity index (χ4n) is 3.10. The van der Waals surface area contributed by atoms with E-state index < -0.39 is 0 Å². The Balaban J connectivity index is 0.00000133. The van der Waals surface area contributed by atoms with Crippen LogP contribution in [0.3, 0.4) is 0 Å². The van der Waals surface area contributed by atoms with Crippen molar-refractivity contribution in [3.05, 3.63) is 35.4 Å². The van der Waals surface area contributed by atoms with E-state index in [4.69, 9.17) is 0 Å². The van der Waals surface area contributed by atoms with E-state index in [1.54, 1.807) is 0 Å². The predicted octanol–water partition coefficient (Wildman–Crippen LogP) is 2.34. The number of hydrogen-bond donors (Lipinski definition) is 1. The maximum absolute atomic E-state index is 12.5. The number of halogens is 1. The third-order valence-electron chi connectivity index (χ3n) is 4.13. The van der Waals surface area contributed by atoms with Crippen LogP contribution in [0.2, 0.25) is 0 Å². The van der Waals surface area contributed by atoms with Gasteiger partial charge in [-0.1, -0.05) is 24.3 Å². The summed E-state index contributed by atoms with van der Waals surface area (Å²) in [7, 11) is 0. The largest absolute Gasteiger partial charge is 0.334 e. The van der Waals surface area contributed by atoms with Crippen LogP contribution in [0.5, 0.6) is 0 Å². The Hall–Kier alpha value is -1.06. The molecule has 0 aromatic heterocycles. The standard InChI is InChI=1S/C15H20N2O.ClH/c1-11-8-12(6-7-16-11)15(18)17-9-13-4-2-3-5-14(13)10-17;/h2-5,11-12,16H,6-10H2,1H3;1H/t11-,12-;/m0./s1. The molecule has 4 heteroatoms. The van der Waals surface area contributed by atoms with Gasteiger partial charge in [0.2, 0.25) is 5.91 Å². The highest BCUT2D eigenvalue weighted by molar-refractivity contribution is 5.85. The van der Waals surface area contributed by atoms with Crippen LogP contribution in [0.4, 0.5) is 0 Å². The van der Waals surface area contributed by atoms with Crippen molar-refractivity contribution in [3.8, 4) is 0 Å². The first-order valence-corrected chi connectivity index (χ1v) is 6.83. The van der Waals surface area contributed by atoms with Gasteiger partial charge in [0.25, 0.3) is 0 Å². The van der Waals surface area contributed by atoms with Gasteiger partial charge in [0.1, 0.15) is 0 Å². The van der Waals surface area contributed by atoms with Crippen LogP contribution in [0.1, 0.15) is 30.9 Å². The van der Waals surface area contributed by atoms with Crippen LogP contribution >= 0.6 is 12.4 Å². The fourth-order valence-corrected chi connectivity index (χ4v) is 3.10. The number of hydrogen-bond acceptors (Lipinski definition) is 2. The highest BCUT2D eigenvalue weighted by Gasteiger charge is 2.31. The molecule has 2 aliphatic heterocycles. The molecule has 2 aliphatic rings. The predicted molar refractivity (Wildman–Crippen MR) is 78.1 cm³/mol. The summed E-state index contributed by atoms with van der Waals surface area (Å²) in [5.41, 5.74) is 2.63. The minimum absolute atomic E-state index is 0. The molecule has 1 fully saturated rings. The molecule has 2 atom stereocenters. The van der Waals surface area contributed by atoms with E-state index in [-0.39, 0.29) is 18.3 Å². The van der Waals surface area contributed by atoms with Crippen molar-refractivity contribution in [1.29, 1.82) is 0 Å². The summed E-state index contributed by atoms with van der Waals surface area (Å²) in [6.45, 7) is 4.73. The maximum atomic E-state index is 12.5. The van der Waals surface area contributed by atoms with Gasteiger partial charge >= 0.3 is 0 Å². The van der Waals surface area contributed by atoms with Crippen LogP contribution < -0.4 is 5.32 Å². The first kappa shape index (κ1) is 14.4. The number of benzene rings is 1. The number of rotatable bonds is 1. The lowest BCUT2D eigenvalue weighted by Gasteiger charge is -2.30. The molecule has 1 N–H and O–H groups in total. The zero-order chi connectivity index (χ0) is 12.5. The first-order chi connectivity index (χ1) is 8.74. The van der Waals surface area contributed by atoms with Gasteiger partial charge in [-0.2, -0.15) is 0 Å². The highest BCUT2D eigenvalue weighted by atomic mass is 35.5. The first-order valence-electron chi connectivity index (χ1n) is 6.83. The van der Waals surface area contributed by atoms with Gasteiger partial charge in [-0.3, -0.25) is 4.79 Å². The molecule has 1 aromatic carbocycles. The number of nitrogens with one attached hydrogen (secondary N) is 1. The zero-order valence-electron chi connectivity index (χ0n) is 11.3. The lowest BCUT2D eigenvalue weighted by Crippen LogP contribution is -2.42. The van der Waals surface area contributed by atoms with Gasteiger partial charge in [0.15, 0.2) is 0 Å². The zero-order valence-corrected chi connectivity index (χ0v) is 12.1. The third kappa shape index (κ3) is 2.93. The molecule has 1 saturated heterocycles. The second-order valence-corrected chi connectivity index (χ2v) is 5.54. The molecule has 1 amide bonds. The molecular weight excluding hydrogens is 260 g/mol. The maximum Gasteiger partial charge on any atom is 0.226 e. The second-order valence-electron chi connectivity index (χ2n) is 5.54. The van der Waals surface area contributed by atoms with Crippen molar-refractivity contribution in [2.45, 2.75) is 38.9 Å². The van der Waals surface area contributed by atoms with Gasteiger partial charge in [0.05, 0.1) is 0 Å². The molecule has 0 unspecified atom stereocenters. The van der Waals surface area contributed by atoms with Gasteiger partial charge in [0, 0.05) is 25.0 Å². The SMILES string of the molecule is C[C@H]1C[C@@H](C(=O)N2Cc3ccccc3C2)CCN1.Cl. The summed E-state index contributed by atoms with van der Waals surface area (Å²) in [6.07, 6.45) is 1.96. The van der Waals surface area contributed by atoms with Gasteiger partial charge in [-0.25, -0.2) is 0 Å². The van der Waals surface area contributed by atoms with E-state index >= 15 is 0 Å². The van der Waals surface area contributed by atoms with E-state index in [0.717, 1.165) is 32.5 Å². The van der Waals surface area contributed by atoms with E-state index in [9.17, 15) is 4.79 Å². The lowest BCUT2D eigenvalue weighted by atomic mass is 9.92. The Kier molecular flexibility index (Phi) is 4.48. The number of piperidine rings is 1. The van der Waals surface area contributed by atoms with Crippen molar-refractivity contribution in [1.82, 2.24) is 10.2 Å². The Labute approximate surface area is 120 Å². The molecule has 0 aliphatic carbocycles. The van der Waals surface area contributed by atoms with Crippen LogP contribution in [-0.2, 0) is 17.9 Å². The van der Waals surface area contributed by atoms with Crippen LogP contribution in [0.15, 0.2) is 24.3 Å². The van der Waals surface area contributed by atoms with Crippen molar-refractivity contribution in [3.63, 3.8) is 0 Å². The van der Waals surface area contributed by atoms with Crippen LogP contribution in [0.25, 0.3) is 0 Å². The minimum Gasteiger partial charge on any atom is -0.334 e. The van der Waals surface area contributed by atoms with Crippen molar-refractivity contribution in [2.24, 2.45) is 5.92 Å². The summed E-state index contributed by atoms with van der Waals surface area (Å²) in [5.74, 6) is 0.565. The third-order valence-corrected chi connectivity index (χ3v) is 4.13. The van der Waals surface area contributed by atoms with E-state index in [0.29, 0.717) is 11.9 Å². The molecule has 3 rings (SSSR count). The smallest absolute Gasteiger partial charge is 0.226 e. The summed E-state index contributed by atoms with van der Waals surface area (Å²) in [5, 5.41) is 3.40. The number of nitrogens with zero attached hydrogens (tertiary/aromatic N) is 1. The Bertz CT molecular complexity index is 438. The van der Waals surface area contributed by atoms with Crippen LogP contribution in [-0.4, -0.2) is 23.4 Å². The molecular formula is C15H21ClN2O. The average Bonchev–Trinajstić information content (AvgIpc) is 2.81. The molecule has 0 saturated carbocycles. The topological polar surface area (TPSA) is 32.3 Å². The Morgan fingerprint density at radius 2 is 1.89 bits per heavy atom. The molecule has 2 heterocycles. The van der Waals surface area contributed by atoms with E-state index in [2.05, 4.69) is 36.5 Å². The van der Waals surface area contributed by atoms with E-state index in [1.165, 1.54) is 11.1 Å². The van der Waals surface area contributed by atoms with E-state index in [1.807, 2.05) is 4.90 Å². The molecule has 0 radical (unpaired) electrons. The van der Waals surface area contributed by atoms with Gasteiger partial charge < -0.3 is 10.2 Å². The quantitative estimate of drug-likeness (QED) is 0.856. The number of amides is 1. The van der Waals surface area contributed by atoms with Crippen molar-refractivity contribution < 1.29 is 4.79 Å². The van der Waals surface area contributed by atoms with Gasteiger partial charge in [-0.05, 0) is 37.4 Å². The monoisotopic (exact) mass is 280 g/mol. The molecule has 1 aromatic rings. The van der Waals surface area contributed by atoms with Crippen LogP contribution in [0, 0.1) is 5.92 Å². The summed E-state index contributed by atoms with van der Waals surface area (Å²) in [4.78, 5) is 14.5. The number of fused-ring (bicyclic) bond motifs is 1. The fraction of sp³-hybridized carbons (Fsp3) is 0.533. The summed E-state index contributed by atoms with van der Waals surface area (Å²) >= 11 is 0. The van der Waals surface area contributed by atoms with Gasteiger partial charge in [-0.15, -0.1) is 12.4 Å². The molecule has 0 spiro atoms. The Morgan fingerprint density at radius 3 is 2.47 bits per heavy atom. The molecule has 3 nitrogen and oxygen atoms in total. The summed E-state index contributed by atoms with van der Waals surface area (Å²) in [6, 6.07) is 8.85. The minimum atomic E-state index is 0. The second kappa shape index (κ2) is 5.93. The Morgan fingerprint density at radius 1 is 1.26 bits per heavy atom. The molecule has 19 heavy (non-hydrogen) atoms. The average molecular weight is 281 g/mol. The number of carbonyl (C=O) groups excluding carboxylic acids is 1. The molecule has 0 bridgehead atoms. The van der Waals surface area contributed by atoms with Crippen molar-refractivity contribution >= 4 is 18.3 Å². The lowest BCUT2D eigenvalue weighted by molar-refractivity contribution is -0.137. The van der Waals surface area contributed by atoms with Crippen molar-refractivity contribution in [2.75, 3.05) is 6.54 Å².